The number of alkyl halides is 3. The minimum absolute atomic E-state index is 0.327. The van der Waals surface area contributed by atoms with E-state index in [1.54, 1.807) is 24.3 Å². The van der Waals surface area contributed by atoms with E-state index in [1.165, 1.54) is 6.07 Å². The Kier molecular flexibility index (Phi) is 3.10. The standard InChI is InChI=1S/C12H10F3N3/c13-12(14,15)8-4-5-11(17-7-8)18-10-3-1-2-9(16)6-10/h1-7H,16H2,(H,17,18). The quantitative estimate of drug-likeness (QED) is 0.806. The first-order valence-electron chi connectivity index (χ1n) is 5.11. The number of pyridine rings is 1. The number of hydrogen-bond donors (Lipinski definition) is 2. The summed E-state index contributed by atoms with van der Waals surface area (Å²) in [5.41, 5.74) is 6.04. The van der Waals surface area contributed by atoms with Gasteiger partial charge in [-0.3, -0.25) is 0 Å². The zero-order chi connectivity index (χ0) is 13.2. The second-order valence-corrected chi connectivity index (χ2v) is 3.68. The lowest BCUT2D eigenvalue weighted by Crippen LogP contribution is -2.05. The van der Waals surface area contributed by atoms with Gasteiger partial charge in [-0.1, -0.05) is 6.07 Å². The van der Waals surface area contributed by atoms with E-state index in [0.717, 1.165) is 12.3 Å². The minimum Gasteiger partial charge on any atom is -0.399 e. The maximum Gasteiger partial charge on any atom is 0.417 e. The molecule has 2 rings (SSSR count). The van der Waals surface area contributed by atoms with Gasteiger partial charge in [0.1, 0.15) is 5.82 Å². The summed E-state index contributed by atoms with van der Waals surface area (Å²) in [6.07, 6.45) is -3.59. The van der Waals surface area contributed by atoms with Gasteiger partial charge in [-0.2, -0.15) is 13.2 Å². The van der Waals surface area contributed by atoms with Crippen LogP contribution in [0.2, 0.25) is 0 Å². The Hall–Kier alpha value is -2.24. The lowest BCUT2D eigenvalue weighted by molar-refractivity contribution is -0.137. The van der Waals surface area contributed by atoms with E-state index in [0.29, 0.717) is 17.2 Å². The van der Waals surface area contributed by atoms with Gasteiger partial charge in [-0.25, -0.2) is 4.98 Å². The fourth-order valence-electron chi connectivity index (χ4n) is 1.40. The smallest absolute Gasteiger partial charge is 0.399 e. The molecule has 0 saturated carbocycles. The van der Waals surface area contributed by atoms with Crippen LogP contribution in [0.4, 0.5) is 30.4 Å². The summed E-state index contributed by atoms with van der Waals surface area (Å²) in [6.45, 7) is 0. The van der Waals surface area contributed by atoms with Crippen LogP contribution in [-0.2, 0) is 6.18 Å². The number of halogens is 3. The van der Waals surface area contributed by atoms with Crippen LogP contribution in [0.15, 0.2) is 42.6 Å². The molecule has 1 aromatic carbocycles. The van der Waals surface area contributed by atoms with E-state index in [2.05, 4.69) is 10.3 Å². The summed E-state index contributed by atoms with van der Waals surface area (Å²) in [5, 5.41) is 2.86. The fraction of sp³-hybridized carbons (Fsp3) is 0.0833. The minimum atomic E-state index is -4.37. The number of nitrogens with one attached hydrogen (secondary N) is 1. The SMILES string of the molecule is Nc1cccc(Nc2ccc(C(F)(F)F)cn2)c1. The molecule has 6 heteroatoms. The molecule has 2 aromatic rings. The average molecular weight is 253 g/mol. The van der Waals surface area contributed by atoms with Crippen molar-refractivity contribution in [2.75, 3.05) is 11.1 Å². The predicted octanol–water partition coefficient (Wildman–Crippen LogP) is 3.43. The Balaban J connectivity index is 2.16. The van der Waals surface area contributed by atoms with Crippen LogP contribution in [0, 0.1) is 0 Å². The molecular formula is C12H10F3N3. The molecule has 0 amide bonds. The number of nitrogens with two attached hydrogens (primary N) is 1. The molecule has 0 saturated heterocycles. The molecule has 0 aliphatic heterocycles. The summed E-state index contributed by atoms with van der Waals surface area (Å²) in [4.78, 5) is 3.70. The van der Waals surface area contributed by atoms with Crippen LogP contribution < -0.4 is 11.1 Å². The van der Waals surface area contributed by atoms with Gasteiger partial charge in [-0.05, 0) is 30.3 Å². The Morgan fingerprint density at radius 1 is 1.11 bits per heavy atom. The van der Waals surface area contributed by atoms with Crippen molar-refractivity contribution in [2.24, 2.45) is 0 Å². The molecular weight excluding hydrogens is 243 g/mol. The Morgan fingerprint density at radius 3 is 2.44 bits per heavy atom. The van der Waals surface area contributed by atoms with E-state index in [9.17, 15) is 13.2 Å². The first-order chi connectivity index (χ1) is 8.45. The molecule has 0 fully saturated rings. The van der Waals surface area contributed by atoms with E-state index < -0.39 is 11.7 Å². The number of rotatable bonds is 2. The molecule has 18 heavy (non-hydrogen) atoms. The first-order valence-corrected chi connectivity index (χ1v) is 5.11. The zero-order valence-electron chi connectivity index (χ0n) is 9.20. The zero-order valence-corrected chi connectivity index (χ0v) is 9.20. The van der Waals surface area contributed by atoms with Crippen LogP contribution in [0.25, 0.3) is 0 Å². The van der Waals surface area contributed by atoms with Crippen molar-refractivity contribution in [3.63, 3.8) is 0 Å². The Labute approximate surface area is 101 Å². The largest absolute Gasteiger partial charge is 0.417 e. The molecule has 94 valence electrons. The molecule has 0 spiro atoms. The third-order valence-electron chi connectivity index (χ3n) is 2.25. The maximum atomic E-state index is 12.3. The molecule has 0 aliphatic carbocycles. The maximum absolute atomic E-state index is 12.3. The van der Waals surface area contributed by atoms with Crippen molar-refractivity contribution in [1.29, 1.82) is 0 Å². The van der Waals surface area contributed by atoms with Gasteiger partial charge < -0.3 is 11.1 Å². The topological polar surface area (TPSA) is 50.9 Å². The number of nitrogens with zero attached hydrogens (tertiary/aromatic N) is 1. The fourth-order valence-corrected chi connectivity index (χ4v) is 1.40. The average Bonchev–Trinajstić information content (AvgIpc) is 2.28. The molecule has 1 heterocycles. The highest BCUT2D eigenvalue weighted by atomic mass is 19.4. The molecule has 0 radical (unpaired) electrons. The van der Waals surface area contributed by atoms with Crippen LogP contribution in [0.5, 0.6) is 0 Å². The van der Waals surface area contributed by atoms with Crippen molar-refractivity contribution >= 4 is 17.2 Å². The van der Waals surface area contributed by atoms with E-state index in [4.69, 9.17) is 5.73 Å². The monoisotopic (exact) mass is 253 g/mol. The molecule has 0 bridgehead atoms. The highest BCUT2D eigenvalue weighted by Gasteiger charge is 2.30. The summed E-state index contributed by atoms with van der Waals surface area (Å²) >= 11 is 0. The van der Waals surface area contributed by atoms with Crippen molar-refractivity contribution in [2.45, 2.75) is 6.18 Å². The summed E-state index contributed by atoms with van der Waals surface area (Å²) in [5.74, 6) is 0.327. The number of nitrogen functional groups attached to an aromatic ring is 1. The first kappa shape index (κ1) is 12.2. The van der Waals surface area contributed by atoms with Crippen molar-refractivity contribution in [1.82, 2.24) is 4.98 Å². The van der Waals surface area contributed by atoms with Crippen molar-refractivity contribution < 1.29 is 13.2 Å². The lowest BCUT2D eigenvalue weighted by Gasteiger charge is -2.08. The van der Waals surface area contributed by atoms with Gasteiger partial charge in [0, 0.05) is 17.6 Å². The Morgan fingerprint density at radius 2 is 1.89 bits per heavy atom. The van der Waals surface area contributed by atoms with Gasteiger partial charge in [-0.15, -0.1) is 0 Å². The second kappa shape index (κ2) is 4.56. The van der Waals surface area contributed by atoms with E-state index >= 15 is 0 Å². The molecule has 0 aliphatic rings. The second-order valence-electron chi connectivity index (χ2n) is 3.68. The molecule has 0 unspecified atom stereocenters. The molecule has 3 nitrogen and oxygen atoms in total. The summed E-state index contributed by atoms with van der Waals surface area (Å²) in [7, 11) is 0. The van der Waals surface area contributed by atoms with Gasteiger partial charge in [0.25, 0.3) is 0 Å². The normalized spacial score (nSPS) is 11.3. The third-order valence-corrected chi connectivity index (χ3v) is 2.25. The van der Waals surface area contributed by atoms with Crippen molar-refractivity contribution in [3.05, 3.63) is 48.2 Å². The number of hydrogen-bond acceptors (Lipinski definition) is 3. The Bertz CT molecular complexity index is 535. The lowest BCUT2D eigenvalue weighted by atomic mass is 10.2. The van der Waals surface area contributed by atoms with Gasteiger partial charge >= 0.3 is 6.18 Å². The molecule has 1 aromatic heterocycles. The van der Waals surface area contributed by atoms with E-state index in [-0.39, 0.29) is 0 Å². The van der Waals surface area contributed by atoms with Crippen LogP contribution >= 0.6 is 0 Å². The molecule has 0 atom stereocenters. The number of aromatic nitrogens is 1. The van der Waals surface area contributed by atoms with E-state index in [1.807, 2.05) is 0 Å². The summed E-state index contributed by atoms with van der Waals surface area (Å²) in [6, 6.07) is 9.11. The van der Waals surface area contributed by atoms with Crippen molar-refractivity contribution in [3.8, 4) is 0 Å². The van der Waals surface area contributed by atoms with Crippen LogP contribution in [0.1, 0.15) is 5.56 Å². The highest BCUT2D eigenvalue weighted by Crippen LogP contribution is 2.29. The number of anilines is 3. The molecule has 3 N–H and O–H groups in total. The number of benzene rings is 1. The summed E-state index contributed by atoms with van der Waals surface area (Å²) < 4.78 is 37.0. The van der Waals surface area contributed by atoms with Crippen LogP contribution in [-0.4, -0.2) is 4.98 Å². The third kappa shape index (κ3) is 2.91. The highest BCUT2D eigenvalue weighted by molar-refractivity contribution is 5.61. The van der Waals surface area contributed by atoms with Gasteiger partial charge in [0.15, 0.2) is 0 Å². The predicted molar refractivity (Wildman–Crippen MR) is 63.4 cm³/mol. The van der Waals surface area contributed by atoms with Gasteiger partial charge in [0.2, 0.25) is 0 Å². The van der Waals surface area contributed by atoms with Crippen LogP contribution in [0.3, 0.4) is 0 Å². The van der Waals surface area contributed by atoms with Gasteiger partial charge in [0.05, 0.1) is 5.56 Å².